The fourth-order valence-corrected chi connectivity index (χ4v) is 7.71. The van der Waals surface area contributed by atoms with Crippen molar-refractivity contribution in [1.82, 2.24) is 0 Å². The van der Waals surface area contributed by atoms with E-state index in [1.807, 2.05) is 0 Å². The first-order valence-electron chi connectivity index (χ1n) is 13.0. The predicted octanol–water partition coefficient (Wildman–Crippen LogP) is 8.99. The van der Waals surface area contributed by atoms with E-state index in [2.05, 4.69) is 55.4 Å². The summed E-state index contributed by atoms with van der Waals surface area (Å²) in [4.78, 5) is 0. The third-order valence-corrected chi connectivity index (χ3v) is 10.2. The molecule has 0 N–H and O–H groups in total. The van der Waals surface area contributed by atoms with Gasteiger partial charge in [-0.25, -0.2) is 0 Å². The van der Waals surface area contributed by atoms with Crippen LogP contribution in [0.25, 0.3) is 0 Å². The lowest BCUT2D eigenvalue weighted by atomic mass is 9.45. The Morgan fingerprint density at radius 1 is 0.607 bits per heavy atom. The Morgan fingerprint density at radius 3 is 1.21 bits per heavy atom. The minimum atomic E-state index is 0.694. The highest BCUT2D eigenvalue weighted by molar-refractivity contribution is 5.04. The first-order valence-corrected chi connectivity index (χ1v) is 13.0. The van der Waals surface area contributed by atoms with E-state index in [0.29, 0.717) is 10.8 Å². The van der Waals surface area contributed by atoms with Gasteiger partial charge in [0, 0.05) is 0 Å². The van der Waals surface area contributed by atoms with Gasteiger partial charge in [0.25, 0.3) is 0 Å². The Hall–Kier alpha value is 0. The highest BCUT2D eigenvalue weighted by Gasteiger charge is 2.54. The molecule has 0 unspecified atom stereocenters. The summed E-state index contributed by atoms with van der Waals surface area (Å²) in [6.45, 7) is 19.5. The number of fused-ring (bicyclic) bond motifs is 4. The highest BCUT2D eigenvalue weighted by atomic mass is 14.6. The summed E-state index contributed by atoms with van der Waals surface area (Å²) in [7, 11) is 0. The van der Waals surface area contributed by atoms with Crippen molar-refractivity contribution in [3.8, 4) is 0 Å². The molecule has 0 aromatic heterocycles. The van der Waals surface area contributed by atoms with Gasteiger partial charge in [-0.2, -0.15) is 0 Å². The third kappa shape index (κ3) is 4.51. The molecule has 0 radical (unpaired) electrons. The molecule has 6 rings (SSSR count). The van der Waals surface area contributed by atoms with Gasteiger partial charge in [0.15, 0.2) is 0 Å². The van der Waals surface area contributed by atoms with Crippen LogP contribution >= 0.6 is 0 Å². The predicted molar refractivity (Wildman–Crippen MR) is 124 cm³/mol. The smallest absolute Gasteiger partial charge is 0.0295 e. The van der Waals surface area contributed by atoms with Crippen LogP contribution in [0.4, 0.5) is 0 Å². The lowest BCUT2D eigenvalue weighted by Gasteiger charge is -2.60. The summed E-state index contributed by atoms with van der Waals surface area (Å²) >= 11 is 0. The molecule has 4 bridgehead atoms. The zero-order chi connectivity index (χ0) is 20.7. The number of hydrogen-bond acceptors (Lipinski definition) is 0. The average molecular weight is 389 g/mol. The molecular formula is C28H52. The van der Waals surface area contributed by atoms with Crippen molar-refractivity contribution >= 4 is 0 Å². The molecule has 6 aliphatic rings. The van der Waals surface area contributed by atoms with Crippen molar-refractivity contribution in [3.63, 3.8) is 0 Å². The zero-order valence-electron chi connectivity index (χ0n) is 20.7. The molecule has 0 amide bonds. The summed E-state index contributed by atoms with van der Waals surface area (Å²) < 4.78 is 0. The van der Waals surface area contributed by atoms with Crippen LogP contribution in [0.3, 0.4) is 0 Å². The second-order valence-electron chi connectivity index (χ2n) is 13.3. The average Bonchev–Trinajstić information content (AvgIpc) is 2.65. The summed E-state index contributed by atoms with van der Waals surface area (Å²) in [5.41, 5.74) is 1.39. The largest absolute Gasteiger partial charge is 0.0628 e. The molecule has 164 valence electrons. The van der Waals surface area contributed by atoms with Gasteiger partial charge in [0.05, 0.1) is 0 Å². The number of hydrogen-bond donors (Lipinski definition) is 0. The van der Waals surface area contributed by atoms with E-state index < -0.39 is 0 Å². The molecule has 6 saturated carbocycles. The van der Waals surface area contributed by atoms with Gasteiger partial charge >= 0.3 is 0 Å². The normalized spacial score (nSPS) is 39.6. The Kier molecular flexibility index (Phi) is 6.99. The Balaban J connectivity index is 0.000000161. The molecule has 0 saturated heterocycles. The first-order chi connectivity index (χ1) is 13.0. The molecule has 0 aromatic rings. The Morgan fingerprint density at radius 2 is 0.964 bits per heavy atom. The maximum atomic E-state index is 2.51. The van der Waals surface area contributed by atoms with Crippen LogP contribution in [0.15, 0.2) is 0 Å². The molecule has 6 fully saturated rings. The summed E-state index contributed by atoms with van der Waals surface area (Å²) in [6.07, 6.45) is 15.1. The van der Waals surface area contributed by atoms with E-state index in [1.54, 1.807) is 12.8 Å². The lowest BCUT2D eigenvalue weighted by molar-refractivity contribution is -0.107. The van der Waals surface area contributed by atoms with Crippen molar-refractivity contribution in [2.75, 3.05) is 0 Å². The molecule has 0 spiro atoms. The van der Waals surface area contributed by atoms with E-state index >= 15 is 0 Å². The molecule has 0 nitrogen and oxygen atoms in total. The van der Waals surface area contributed by atoms with Gasteiger partial charge < -0.3 is 0 Å². The Labute approximate surface area is 178 Å². The van der Waals surface area contributed by atoms with E-state index in [0.717, 1.165) is 47.3 Å². The van der Waals surface area contributed by atoms with E-state index in [4.69, 9.17) is 0 Å². The summed E-state index contributed by atoms with van der Waals surface area (Å²) in [5.74, 6) is 8.22. The molecule has 28 heavy (non-hydrogen) atoms. The molecule has 0 aliphatic heterocycles. The van der Waals surface area contributed by atoms with Crippen LogP contribution in [0.1, 0.15) is 120 Å². The van der Waals surface area contributed by atoms with E-state index in [1.165, 1.54) is 51.4 Å². The molecule has 0 heterocycles. The van der Waals surface area contributed by atoms with Crippen molar-refractivity contribution in [2.45, 2.75) is 120 Å². The van der Waals surface area contributed by atoms with Gasteiger partial charge in [-0.15, -0.1) is 0 Å². The maximum Gasteiger partial charge on any atom is -0.0295 e. The van der Waals surface area contributed by atoms with Crippen LogP contribution in [0.5, 0.6) is 0 Å². The second-order valence-corrected chi connectivity index (χ2v) is 13.3. The van der Waals surface area contributed by atoms with Gasteiger partial charge in [-0.3, -0.25) is 0 Å². The zero-order valence-corrected chi connectivity index (χ0v) is 20.7. The van der Waals surface area contributed by atoms with Crippen LogP contribution in [0, 0.1) is 58.2 Å². The number of rotatable bonds is 6. The summed E-state index contributed by atoms with van der Waals surface area (Å²) in [5, 5.41) is 0. The molecule has 0 heteroatoms. The standard InChI is InChI=1S/2C14H26/c2*1-10(2)5-6-11-7-8-12-9-13(11)14(12,3)4/h2*10-13H,5-9H2,1-4H3/t2*11-,12+,13+/m10/s1. The Bertz CT molecular complexity index is 446. The van der Waals surface area contributed by atoms with Crippen molar-refractivity contribution in [2.24, 2.45) is 58.2 Å². The minimum absolute atomic E-state index is 0.694. The lowest BCUT2D eigenvalue weighted by Crippen LogP contribution is -2.52. The third-order valence-electron chi connectivity index (χ3n) is 10.2. The topological polar surface area (TPSA) is 0 Å². The van der Waals surface area contributed by atoms with Gasteiger partial charge in [0.1, 0.15) is 0 Å². The molecule has 6 aliphatic carbocycles. The quantitative estimate of drug-likeness (QED) is 0.426. The van der Waals surface area contributed by atoms with Crippen molar-refractivity contribution < 1.29 is 0 Å². The van der Waals surface area contributed by atoms with Crippen LogP contribution in [-0.4, -0.2) is 0 Å². The second kappa shape index (κ2) is 8.63. The highest BCUT2D eigenvalue weighted by Crippen LogP contribution is 2.63. The SMILES string of the molecule is CC(C)CC[C@@H]1CC[C@H]2C[C@@H]1C2(C)C.CC(C)CC[C@H]1CC[C@@H]2C[C@H]1C2(C)C. The van der Waals surface area contributed by atoms with Crippen LogP contribution in [0.2, 0.25) is 0 Å². The monoisotopic (exact) mass is 388 g/mol. The van der Waals surface area contributed by atoms with Gasteiger partial charge in [0.2, 0.25) is 0 Å². The fourth-order valence-electron chi connectivity index (χ4n) is 7.71. The van der Waals surface area contributed by atoms with Crippen LogP contribution in [-0.2, 0) is 0 Å². The maximum absolute atomic E-state index is 2.51. The minimum Gasteiger partial charge on any atom is -0.0628 e. The van der Waals surface area contributed by atoms with Crippen LogP contribution < -0.4 is 0 Å². The van der Waals surface area contributed by atoms with Gasteiger partial charge in [-0.05, 0) is 110 Å². The molecule has 0 aromatic carbocycles. The fraction of sp³-hybridized carbons (Fsp3) is 1.00. The summed E-state index contributed by atoms with van der Waals surface area (Å²) in [6, 6.07) is 0. The van der Waals surface area contributed by atoms with Gasteiger partial charge in [-0.1, -0.05) is 68.2 Å². The molecule has 6 atom stereocenters. The van der Waals surface area contributed by atoms with E-state index in [-0.39, 0.29) is 0 Å². The van der Waals surface area contributed by atoms with E-state index in [9.17, 15) is 0 Å². The van der Waals surface area contributed by atoms with Crippen molar-refractivity contribution in [3.05, 3.63) is 0 Å². The molecular weight excluding hydrogens is 336 g/mol. The first kappa shape index (κ1) is 22.7. The van der Waals surface area contributed by atoms with Crippen molar-refractivity contribution in [1.29, 1.82) is 0 Å².